The molecule has 2 fully saturated rings. The van der Waals surface area contributed by atoms with Crippen molar-refractivity contribution in [1.29, 1.82) is 0 Å². The predicted molar refractivity (Wildman–Crippen MR) is 98.1 cm³/mol. The van der Waals surface area contributed by atoms with Gasteiger partial charge in [0.05, 0.1) is 6.54 Å². The van der Waals surface area contributed by atoms with E-state index in [1.54, 1.807) is 7.05 Å². The van der Waals surface area contributed by atoms with E-state index in [1.165, 1.54) is 37.9 Å². The number of rotatable bonds is 4. The van der Waals surface area contributed by atoms with E-state index in [4.69, 9.17) is 0 Å². The SMILES string of the molecule is CCN1CC(c2ccccc2)CC2(CCN(CC(=O)NC)CC2)C1. The topological polar surface area (TPSA) is 35.6 Å². The molecule has 0 radical (unpaired) electrons. The highest BCUT2D eigenvalue weighted by molar-refractivity contribution is 5.77. The maximum absolute atomic E-state index is 11.6. The Labute approximate surface area is 146 Å². The third-order valence-electron chi connectivity index (χ3n) is 6.00. The van der Waals surface area contributed by atoms with Crippen LogP contribution >= 0.6 is 0 Å². The third-order valence-corrected chi connectivity index (χ3v) is 6.00. The molecule has 0 saturated carbocycles. The van der Waals surface area contributed by atoms with Crippen LogP contribution in [0, 0.1) is 5.41 Å². The standard InChI is InChI=1S/C20H31N3O/c1-3-22-14-18(17-7-5-4-6-8-17)13-20(16-22)9-11-23(12-10-20)15-19(24)21-2/h4-8,18H,3,9-16H2,1-2H3,(H,21,24). The summed E-state index contributed by atoms with van der Waals surface area (Å²) in [5.74, 6) is 0.775. The highest BCUT2D eigenvalue weighted by atomic mass is 16.1. The lowest BCUT2D eigenvalue weighted by molar-refractivity contribution is -0.122. The number of hydrogen-bond donors (Lipinski definition) is 1. The van der Waals surface area contributed by atoms with E-state index in [2.05, 4.69) is 52.4 Å². The largest absolute Gasteiger partial charge is 0.358 e. The Hall–Kier alpha value is -1.39. The van der Waals surface area contributed by atoms with Crippen LogP contribution < -0.4 is 5.32 Å². The first-order chi connectivity index (χ1) is 11.6. The Bertz CT molecular complexity index is 537. The minimum Gasteiger partial charge on any atom is -0.358 e. The Morgan fingerprint density at radius 1 is 1.21 bits per heavy atom. The molecule has 1 aromatic carbocycles. The van der Waals surface area contributed by atoms with Crippen LogP contribution in [0.25, 0.3) is 0 Å². The minimum absolute atomic E-state index is 0.131. The maximum Gasteiger partial charge on any atom is 0.233 e. The van der Waals surface area contributed by atoms with Crippen molar-refractivity contribution in [3.63, 3.8) is 0 Å². The fraction of sp³-hybridized carbons (Fsp3) is 0.650. The van der Waals surface area contributed by atoms with Crippen LogP contribution in [0.4, 0.5) is 0 Å². The second-order valence-corrected chi connectivity index (χ2v) is 7.59. The first kappa shape index (κ1) is 17.4. The highest BCUT2D eigenvalue weighted by Crippen LogP contribution is 2.44. The first-order valence-electron chi connectivity index (χ1n) is 9.34. The molecular formula is C20H31N3O. The Morgan fingerprint density at radius 3 is 2.54 bits per heavy atom. The summed E-state index contributed by atoms with van der Waals surface area (Å²) in [5, 5.41) is 2.74. The van der Waals surface area contributed by atoms with Gasteiger partial charge in [0.25, 0.3) is 0 Å². The van der Waals surface area contributed by atoms with Crippen LogP contribution in [-0.4, -0.2) is 62.0 Å². The van der Waals surface area contributed by atoms with E-state index in [-0.39, 0.29) is 5.91 Å². The van der Waals surface area contributed by atoms with Gasteiger partial charge in [-0.1, -0.05) is 37.3 Å². The quantitative estimate of drug-likeness (QED) is 0.921. The zero-order valence-electron chi connectivity index (χ0n) is 15.1. The van der Waals surface area contributed by atoms with E-state index in [1.807, 2.05) is 0 Å². The minimum atomic E-state index is 0.131. The number of hydrogen-bond acceptors (Lipinski definition) is 3. The normalized spacial score (nSPS) is 24.8. The molecule has 2 aliphatic heterocycles. The van der Waals surface area contributed by atoms with Gasteiger partial charge in [-0.05, 0) is 55.8 Å². The summed E-state index contributed by atoms with van der Waals surface area (Å²) in [7, 11) is 1.72. The molecule has 2 aliphatic rings. The number of nitrogens with zero attached hydrogens (tertiary/aromatic N) is 2. The molecule has 1 N–H and O–H groups in total. The van der Waals surface area contributed by atoms with Gasteiger partial charge in [0.2, 0.25) is 5.91 Å². The number of carbonyl (C=O) groups is 1. The Morgan fingerprint density at radius 2 is 1.92 bits per heavy atom. The fourth-order valence-electron chi connectivity index (χ4n) is 4.52. The molecular weight excluding hydrogens is 298 g/mol. The number of likely N-dealkylation sites (tertiary alicyclic amines) is 2. The van der Waals surface area contributed by atoms with Crippen LogP contribution in [-0.2, 0) is 4.79 Å². The van der Waals surface area contributed by atoms with Crippen molar-refractivity contribution in [2.24, 2.45) is 5.41 Å². The number of likely N-dealkylation sites (N-methyl/N-ethyl adjacent to an activating group) is 2. The zero-order valence-corrected chi connectivity index (χ0v) is 15.1. The summed E-state index contributed by atoms with van der Waals surface area (Å²) < 4.78 is 0. The van der Waals surface area contributed by atoms with Gasteiger partial charge < -0.3 is 10.2 Å². The molecule has 4 heteroatoms. The molecule has 1 amide bonds. The molecule has 2 saturated heterocycles. The third kappa shape index (κ3) is 3.98. The molecule has 0 aliphatic carbocycles. The average molecular weight is 329 g/mol. The van der Waals surface area contributed by atoms with Gasteiger partial charge in [-0.15, -0.1) is 0 Å². The van der Waals surface area contributed by atoms with E-state index in [0.29, 0.717) is 17.9 Å². The van der Waals surface area contributed by atoms with Gasteiger partial charge >= 0.3 is 0 Å². The van der Waals surface area contributed by atoms with Crippen LogP contribution in [0.3, 0.4) is 0 Å². The number of piperidine rings is 2. The van der Waals surface area contributed by atoms with Crippen molar-refractivity contribution in [1.82, 2.24) is 15.1 Å². The van der Waals surface area contributed by atoms with E-state index >= 15 is 0 Å². The lowest BCUT2D eigenvalue weighted by Crippen LogP contribution is -2.52. The summed E-state index contributed by atoms with van der Waals surface area (Å²) in [6, 6.07) is 11.0. The summed E-state index contributed by atoms with van der Waals surface area (Å²) in [6.45, 7) is 8.46. The predicted octanol–water partition coefficient (Wildman–Crippen LogP) is 2.32. The molecule has 2 heterocycles. The van der Waals surface area contributed by atoms with Gasteiger partial charge in [0.1, 0.15) is 0 Å². The number of benzene rings is 1. The lowest BCUT2D eigenvalue weighted by atomic mass is 9.68. The molecule has 3 rings (SSSR count). The van der Waals surface area contributed by atoms with E-state index in [0.717, 1.165) is 19.6 Å². The van der Waals surface area contributed by atoms with Gasteiger partial charge in [-0.2, -0.15) is 0 Å². The number of amides is 1. The molecule has 0 aromatic heterocycles. The number of carbonyl (C=O) groups excluding carboxylic acids is 1. The van der Waals surface area contributed by atoms with Crippen molar-refractivity contribution >= 4 is 5.91 Å². The second kappa shape index (κ2) is 7.66. The van der Waals surface area contributed by atoms with Crippen molar-refractivity contribution in [2.45, 2.75) is 32.1 Å². The van der Waals surface area contributed by atoms with Gasteiger partial charge in [-0.25, -0.2) is 0 Å². The zero-order chi connectivity index (χ0) is 17.0. The Kier molecular flexibility index (Phi) is 5.57. The van der Waals surface area contributed by atoms with Crippen LogP contribution in [0.15, 0.2) is 30.3 Å². The van der Waals surface area contributed by atoms with Crippen molar-refractivity contribution in [3.05, 3.63) is 35.9 Å². The van der Waals surface area contributed by atoms with Crippen molar-refractivity contribution in [3.8, 4) is 0 Å². The smallest absolute Gasteiger partial charge is 0.233 e. The summed E-state index contributed by atoms with van der Waals surface area (Å²) in [6.07, 6.45) is 3.72. The van der Waals surface area contributed by atoms with Crippen LogP contribution in [0.2, 0.25) is 0 Å². The van der Waals surface area contributed by atoms with Crippen molar-refractivity contribution in [2.75, 3.05) is 46.3 Å². The molecule has 1 aromatic rings. The molecule has 1 spiro atoms. The first-order valence-corrected chi connectivity index (χ1v) is 9.34. The molecule has 24 heavy (non-hydrogen) atoms. The lowest BCUT2D eigenvalue weighted by Gasteiger charge is -2.50. The van der Waals surface area contributed by atoms with Gasteiger partial charge in [0.15, 0.2) is 0 Å². The average Bonchev–Trinajstić information content (AvgIpc) is 2.64. The van der Waals surface area contributed by atoms with Gasteiger partial charge in [0, 0.05) is 20.1 Å². The second-order valence-electron chi connectivity index (χ2n) is 7.59. The van der Waals surface area contributed by atoms with Crippen molar-refractivity contribution < 1.29 is 4.79 Å². The molecule has 132 valence electrons. The van der Waals surface area contributed by atoms with Crippen LogP contribution in [0.5, 0.6) is 0 Å². The summed E-state index contributed by atoms with van der Waals surface area (Å²) >= 11 is 0. The van der Waals surface area contributed by atoms with Gasteiger partial charge in [-0.3, -0.25) is 9.69 Å². The molecule has 4 nitrogen and oxygen atoms in total. The summed E-state index contributed by atoms with van der Waals surface area (Å²) in [5.41, 5.74) is 1.91. The van der Waals surface area contributed by atoms with E-state index in [9.17, 15) is 4.79 Å². The molecule has 1 atom stereocenters. The van der Waals surface area contributed by atoms with E-state index < -0.39 is 0 Å². The number of nitrogens with one attached hydrogen (secondary N) is 1. The monoisotopic (exact) mass is 329 g/mol. The molecule has 0 bridgehead atoms. The maximum atomic E-state index is 11.6. The highest BCUT2D eigenvalue weighted by Gasteiger charge is 2.41. The molecule has 1 unspecified atom stereocenters. The van der Waals surface area contributed by atoms with Crippen LogP contribution in [0.1, 0.15) is 37.7 Å². The summed E-state index contributed by atoms with van der Waals surface area (Å²) in [4.78, 5) is 16.6. The Balaban J connectivity index is 1.67. The fourth-order valence-corrected chi connectivity index (χ4v) is 4.52.